The second-order valence-corrected chi connectivity index (χ2v) is 3.52. The summed E-state index contributed by atoms with van der Waals surface area (Å²) in [5, 5.41) is 0. The van der Waals surface area contributed by atoms with E-state index in [1.165, 1.54) is 6.92 Å². The highest BCUT2D eigenvalue weighted by Gasteiger charge is 2.24. The molecule has 0 aromatic rings. The fourth-order valence-electron chi connectivity index (χ4n) is 1.34. The number of carbonyl (C=O) groups is 1. The SMILES string of the molecule is CC(=O)OC(C1=CCCO1)C(C)C. The Morgan fingerprint density at radius 3 is 2.69 bits per heavy atom. The van der Waals surface area contributed by atoms with Gasteiger partial charge < -0.3 is 9.47 Å². The van der Waals surface area contributed by atoms with Crippen molar-refractivity contribution in [2.24, 2.45) is 5.92 Å². The second kappa shape index (κ2) is 4.30. The Balaban J connectivity index is 2.61. The number of carbonyl (C=O) groups excluding carboxylic acids is 1. The van der Waals surface area contributed by atoms with Crippen LogP contribution in [0.15, 0.2) is 11.8 Å². The molecule has 3 nitrogen and oxygen atoms in total. The average Bonchev–Trinajstić information content (AvgIpc) is 2.50. The van der Waals surface area contributed by atoms with Gasteiger partial charge in [0.25, 0.3) is 0 Å². The maximum absolute atomic E-state index is 10.8. The van der Waals surface area contributed by atoms with Crippen molar-refractivity contribution in [2.45, 2.75) is 33.3 Å². The standard InChI is InChI=1S/C10H16O3/c1-7(2)10(13-8(3)11)9-5-4-6-12-9/h5,7,10H,4,6H2,1-3H3. The first kappa shape index (κ1) is 10.1. The summed E-state index contributed by atoms with van der Waals surface area (Å²) in [6, 6.07) is 0. The van der Waals surface area contributed by atoms with Gasteiger partial charge in [-0.3, -0.25) is 4.79 Å². The van der Waals surface area contributed by atoms with Crippen molar-refractivity contribution in [2.75, 3.05) is 6.61 Å². The fraction of sp³-hybridized carbons (Fsp3) is 0.700. The highest BCUT2D eigenvalue weighted by molar-refractivity contribution is 5.66. The monoisotopic (exact) mass is 184 g/mol. The van der Waals surface area contributed by atoms with Crippen molar-refractivity contribution in [3.8, 4) is 0 Å². The van der Waals surface area contributed by atoms with E-state index in [-0.39, 0.29) is 18.0 Å². The average molecular weight is 184 g/mol. The topological polar surface area (TPSA) is 35.5 Å². The van der Waals surface area contributed by atoms with Crippen LogP contribution in [0.3, 0.4) is 0 Å². The van der Waals surface area contributed by atoms with Gasteiger partial charge in [-0.1, -0.05) is 13.8 Å². The zero-order valence-corrected chi connectivity index (χ0v) is 8.37. The summed E-state index contributed by atoms with van der Waals surface area (Å²) >= 11 is 0. The Hall–Kier alpha value is -0.990. The van der Waals surface area contributed by atoms with Crippen LogP contribution in [0, 0.1) is 5.92 Å². The summed E-state index contributed by atoms with van der Waals surface area (Å²) in [6.45, 7) is 6.15. The number of esters is 1. The number of hydrogen-bond acceptors (Lipinski definition) is 3. The fourth-order valence-corrected chi connectivity index (χ4v) is 1.34. The van der Waals surface area contributed by atoms with E-state index in [4.69, 9.17) is 9.47 Å². The number of rotatable bonds is 3. The van der Waals surface area contributed by atoms with Crippen LogP contribution >= 0.6 is 0 Å². The van der Waals surface area contributed by atoms with Crippen molar-refractivity contribution < 1.29 is 14.3 Å². The molecule has 74 valence electrons. The van der Waals surface area contributed by atoms with E-state index >= 15 is 0 Å². The van der Waals surface area contributed by atoms with Gasteiger partial charge in [0.15, 0.2) is 6.10 Å². The second-order valence-electron chi connectivity index (χ2n) is 3.52. The molecule has 1 rings (SSSR count). The van der Waals surface area contributed by atoms with Gasteiger partial charge in [0.2, 0.25) is 0 Å². The van der Waals surface area contributed by atoms with E-state index in [0.29, 0.717) is 6.61 Å². The summed E-state index contributed by atoms with van der Waals surface area (Å²) in [6.07, 6.45) is 2.70. The Kier molecular flexibility index (Phi) is 3.34. The van der Waals surface area contributed by atoms with Crippen LogP contribution < -0.4 is 0 Å². The van der Waals surface area contributed by atoms with E-state index in [2.05, 4.69) is 0 Å². The maximum atomic E-state index is 10.8. The molecule has 13 heavy (non-hydrogen) atoms. The lowest BCUT2D eigenvalue weighted by Crippen LogP contribution is -2.24. The van der Waals surface area contributed by atoms with Crippen LogP contribution in [0.5, 0.6) is 0 Å². The summed E-state index contributed by atoms with van der Waals surface area (Å²) in [5.74, 6) is 0.813. The Bertz CT molecular complexity index is 218. The van der Waals surface area contributed by atoms with Crippen LogP contribution in [0.4, 0.5) is 0 Å². The zero-order chi connectivity index (χ0) is 9.84. The van der Waals surface area contributed by atoms with E-state index in [9.17, 15) is 4.79 Å². The molecular formula is C10H16O3. The first-order chi connectivity index (χ1) is 6.11. The highest BCUT2D eigenvalue weighted by Crippen LogP contribution is 2.22. The van der Waals surface area contributed by atoms with Crippen molar-refractivity contribution >= 4 is 5.97 Å². The Morgan fingerprint density at radius 1 is 1.62 bits per heavy atom. The minimum absolute atomic E-state index is 0.208. The lowest BCUT2D eigenvalue weighted by atomic mass is 10.1. The third-order valence-corrected chi connectivity index (χ3v) is 1.91. The van der Waals surface area contributed by atoms with Gasteiger partial charge >= 0.3 is 5.97 Å². The van der Waals surface area contributed by atoms with Crippen LogP contribution in [0.25, 0.3) is 0 Å². The van der Waals surface area contributed by atoms with Gasteiger partial charge in [0.1, 0.15) is 5.76 Å². The van der Waals surface area contributed by atoms with E-state index in [0.717, 1.165) is 12.2 Å². The first-order valence-electron chi connectivity index (χ1n) is 4.61. The molecule has 0 fully saturated rings. The predicted molar refractivity (Wildman–Crippen MR) is 49.0 cm³/mol. The van der Waals surface area contributed by atoms with Gasteiger partial charge in [0, 0.05) is 13.3 Å². The molecular weight excluding hydrogens is 168 g/mol. The normalized spacial score (nSPS) is 18.0. The summed E-state index contributed by atoms with van der Waals surface area (Å²) in [5.41, 5.74) is 0. The molecule has 1 aliphatic rings. The molecule has 1 unspecified atom stereocenters. The smallest absolute Gasteiger partial charge is 0.303 e. The molecule has 1 heterocycles. The first-order valence-corrected chi connectivity index (χ1v) is 4.61. The van der Waals surface area contributed by atoms with Crippen molar-refractivity contribution in [1.29, 1.82) is 0 Å². The zero-order valence-electron chi connectivity index (χ0n) is 8.37. The molecule has 0 aliphatic carbocycles. The third kappa shape index (κ3) is 2.76. The Labute approximate surface area is 78.7 Å². The number of hydrogen-bond donors (Lipinski definition) is 0. The van der Waals surface area contributed by atoms with Gasteiger partial charge in [0.05, 0.1) is 6.61 Å². The summed E-state index contributed by atoms with van der Waals surface area (Å²) in [7, 11) is 0. The van der Waals surface area contributed by atoms with Gasteiger partial charge in [-0.2, -0.15) is 0 Å². The molecule has 0 aromatic carbocycles. The summed E-state index contributed by atoms with van der Waals surface area (Å²) < 4.78 is 10.5. The largest absolute Gasteiger partial charge is 0.494 e. The molecule has 1 aliphatic heterocycles. The molecule has 0 bridgehead atoms. The number of ether oxygens (including phenoxy) is 2. The molecule has 0 saturated heterocycles. The molecule has 0 saturated carbocycles. The highest BCUT2D eigenvalue weighted by atomic mass is 16.6. The quantitative estimate of drug-likeness (QED) is 0.628. The lowest BCUT2D eigenvalue weighted by Gasteiger charge is -2.21. The van der Waals surface area contributed by atoms with E-state index in [1.54, 1.807) is 0 Å². The van der Waals surface area contributed by atoms with Crippen molar-refractivity contribution in [1.82, 2.24) is 0 Å². The predicted octanol–water partition coefficient (Wildman–Crippen LogP) is 1.88. The van der Waals surface area contributed by atoms with Crippen LogP contribution in [0.2, 0.25) is 0 Å². The molecule has 0 aromatic heterocycles. The molecule has 1 atom stereocenters. The van der Waals surface area contributed by atoms with Crippen LogP contribution in [-0.2, 0) is 14.3 Å². The summed E-state index contributed by atoms with van der Waals surface area (Å²) in [4.78, 5) is 10.8. The van der Waals surface area contributed by atoms with Crippen LogP contribution in [-0.4, -0.2) is 18.7 Å². The minimum atomic E-state index is -0.255. The molecule has 0 radical (unpaired) electrons. The molecule has 3 heteroatoms. The molecule has 0 N–H and O–H groups in total. The van der Waals surface area contributed by atoms with Crippen LogP contribution in [0.1, 0.15) is 27.2 Å². The minimum Gasteiger partial charge on any atom is -0.494 e. The third-order valence-electron chi connectivity index (χ3n) is 1.91. The lowest BCUT2D eigenvalue weighted by molar-refractivity contribution is -0.148. The van der Waals surface area contributed by atoms with Gasteiger partial charge in [-0.25, -0.2) is 0 Å². The van der Waals surface area contributed by atoms with Crippen molar-refractivity contribution in [3.05, 3.63) is 11.8 Å². The maximum Gasteiger partial charge on any atom is 0.303 e. The van der Waals surface area contributed by atoms with Gasteiger partial charge in [-0.15, -0.1) is 0 Å². The van der Waals surface area contributed by atoms with E-state index < -0.39 is 0 Å². The van der Waals surface area contributed by atoms with Gasteiger partial charge in [-0.05, 0) is 12.0 Å². The molecule has 0 amide bonds. The van der Waals surface area contributed by atoms with Crippen molar-refractivity contribution in [3.63, 3.8) is 0 Å². The van der Waals surface area contributed by atoms with E-state index in [1.807, 2.05) is 19.9 Å². The Morgan fingerprint density at radius 2 is 2.31 bits per heavy atom. The molecule has 0 spiro atoms.